The van der Waals surface area contributed by atoms with Crippen molar-refractivity contribution in [1.82, 2.24) is 9.97 Å². The Kier molecular flexibility index (Phi) is 1.72. The molecular formula is C8H7BrN2O. The van der Waals surface area contributed by atoms with E-state index in [2.05, 4.69) is 25.9 Å². The minimum Gasteiger partial charge on any atom is -0.302 e. The predicted octanol–water partition coefficient (Wildman–Crippen LogP) is 1.47. The zero-order chi connectivity index (χ0) is 8.60. The van der Waals surface area contributed by atoms with Gasteiger partial charge in [0, 0.05) is 12.4 Å². The Morgan fingerprint density at radius 3 is 2.42 bits per heavy atom. The number of halogens is 1. The van der Waals surface area contributed by atoms with Crippen LogP contribution in [-0.4, -0.2) is 16.3 Å². The maximum Gasteiger partial charge on any atom is 0.141 e. The van der Waals surface area contributed by atoms with Crippen LogP contribution in [0.4, 0.5) is 0 Å². The van der Waals surface area contributed by atoms with Crippen molar-refractivity contribution in [2.75, 3.05) is 0 Å². The average Bonchev–Trinajstić information content (AvgIpc) is 2.86. The van der Waals surface area contributed by atoms with Gasteiger partial charge in [-0.2, -0.15) is 0 Å². The predicted molar refractivity (Wildman–Crippen MR) is 46.7 cm³/mol. The van der Waals surface area contributed by atoms with E-state index < -0.39 is 0 Å². The standard InChI is InChI=1S/C8H7BrN2O/c9-6-3-10-7(11-4-6)8(5-12)1-2-8/h3-5H,1-2H2. The molecule has 1 fully saturated rings. The topological polar surface area (TPSA) is 42.9 Å². The van der Waals surface area contributed by atoms with Crippen LogP contribution in [0.3, 0.4) is 0 Å². The maximum atomic E-state index is 10.7. The van der Waals surface area contributed by atoms with Gasteiger partial charge in [-0.05, 0) is 28.8 Å². The number of hydrogen-bond acceptors (Lipinski definition) is 3. The van der Waals surface area contributed by atoms with Crippen molar-refractivity contribution >= 4 is 22.2 Å². The van der Waals surface area contributed by atoms with Crippen molar-refractivity contribution in [3.8, 4) is 0 Å². The van der Waals surface area contributed by atoms with E-state index in [1.807, 2.05) is 0 Å². The van der Waals surface area contributed by atoms with Gasteiger partial charge in [0.25, 0.3) is 0 Å². The third kappa shape index (κ3) is 1.16. The fourth-order valence-corrected chi connectivity index (χ4v) is 1.30. The molecule has 1 aromatic heterocycles. The van der Waals surface area contributed by atoms with Gasteiger partial charge >= 0.3 is 0 Å². The minimum absolute atomic E-state index is 0.347. The molecule has 12 heavy (non-hydrogen) atoms. The molecule has 1 heterocycles. The molecule has 0 aromatic carbocycles. The Bertz CT molecular complexity index is 305. The molecule has 1 aromatic rings. The maximum absolute atomic E-state index is 10.7. The molecule has 0 unspecified atom stereocenters. The van der Waals surface area contributed by atoms with Gasteiger partial charge in [0.2, 0.25) is 0 Å². The molecule has 1 aliphatic carbocycles. The van der Waals surface area contributed by atoms with Gasteiger partial charge in [0.05, 0.1) is 9.89 Å². The minimum atomic E-state index is -0.347. The zero-order valence-electron chi connectivity index (χ0n) is 6.33. The molecule has 1 aliphatic rings. The summed E-state index contributed by atoms with van der Waals surface area (Å²) in [6, 6.07) is 0. The van der Waals surface area contributed by atoms with E-state index >= 15 is 0 Å². The molecule has 0 spiro atoms. The molecule has 2 rings (SSSR count). The third-order valence-electron chi connectivity index (χ3n) is 2.08. The first-order valence-electron chi connectivity index (χ1n) is 3.71. The molecule has 0 aliphatic heterocycles. The van der Waals surface area contributed by atoms with Crippen LogP contribution in [0.25, 0.3) is 0 Å². The second-order valence-electron chi connectivity index (χ2n) is 3.00. The zero-order valence-corrected chi connectivity index (χ0v) is 7.91. The van der Waals surface area contributed by atoms with Gasteiger partial charge in [-0.3, -0.25) is 0 Å². The first kappa shape index (κ1) is 7.86. The summed E-state index contributed by atoms with van der Waals surface area (Å²) in [6.45, 7) is 0. The molecule has 0 atom stereocenters. The summed E-state index contributed by atoms with van der Waals surface area (Å²) in [4.78, 5) is 18.9. The van der Waals surface area contributed by atoms with Crippen molar-refractivity contribution in [3.05, 3.63) is 22.7 Å². The molecule has 0 amide bonds. The highest BCUT2D eigenvalue weighted by atomic mass is 79.9. The van der Waals surface area contributed by atoms with E-state index in [0.29, 0.717) is 5.82 Å². The van der Waals surface area contributed by atoms with Crippen LogP contribution in [0.2, 0.25) is 0 Å². The van der Waals surface area contributed by atoms with Gasteiger partial charge in [-0.15, -0.1) is 0 Å². The number of aromatic nitrogens is 2. The SMILES string of the molecule is O=CC1(c2ncc(Br)cn2)CC1. The monoisotopic (exact) mass is 226 g/mol. The summed E-state index contributed by atoms with van der Waals surface area (Å²) in [7, 11) is 0. The van der Waals surface area contributed by atoms with Crippen LogP contribution < -0.4 is 0 Å². The summed E-state index contributed by atoms with van der Waals surface area (Å²) in [6.07, 6.45) is 6.07. The lowest BCUT2D eigenvalue weighted by molar-refractivity contribution is -0.110. The first-order chi connectivity index (χ1) is 5.77. The van der Waals surface area contributed by atoms with E-state index in [-0.39, 0.29) is 5.41 Å². The lowest BCUT2D eigenvalue weighted by atomic mass is 10.1. The average molecular weight is 227 g/mol. The Hall–Kier alpha value is -0.770. The summed E-state index contributed by atoms with van der Waals surface area (Å²) in [5, 5.41) is 0. The van der Waals surface area contributed by atoms with E-state index in [1.165, 1.54) is 0 Å². The van der Waals surface area contributed by atoms with Gasteiger partial charge in [-0.1, -0.05) is 0 Å². The number of rotatable bonds is 2. The van der Waals surface area contributed by atoms with Crippen LogP contribution in [0.1, 0.15) is 18.7 Å². The molecule has 4 heteroatoms. The summed E-state index contributed by atoms with van der Waals surface area (Å²) < 4.78 is 0.841. The number of nitrogens with zero attached hydrogens (tertiary/aromatic N) is 2. The van der Waals surface area contributed by atoms with Crippen LogP contribution >= 0.6 is 15.9 Å². The van der Waals surface area contributed by atoms with Gasteiger partial charge in [0.15, 0.2) is 0 Å². The number of carbonyl (C=O) groups is 1. The smallest absolute Gasteiger partial charge is 0.141 e. The summed E-state index contributed by atoms with van der Waals surface area (Å²) in [5.74, 6) is 0.653. The highest BCUT2D eigenvalue weighted by molar-refractivity contribution is 9.10. The van der Waals surface area contributed by atoms with Crippen molar-refractivity contribution in [1.29, 1.82) is 0 Å². The number of hydrogen-bond donors (Lipinski definition) is 0. The van der Waals surface area contributed by atoms with Gasteiger partial charge < -0.3 is 4.79 Å². The van der Waals surface area contributed by atoms with Crippen molar-refractivity contribution in [2.24, 2.45) is 0 Å². The Balaban J connectivity index is 2.35. The number of aldehydes is 1. The summed E-state index contributed by atoms with van der Waals surface area (Å²) >= 11 is 3.24. The van der Waals surface area contributed by atoms with Gasteiger partial charge in [0.1, 0.15) is 12.1 Å². The second kappa shape index (κ2) is 2.62. The normalized spacial score (nSPS) is 18.8. The molecule has 3 nitrogen and oxygen atoms in total. The molecule has 0 saturated heterocycles. The highest BCUT2D eigenvalue weighted by Gasteiger charge is 2.47. The van der Waals surface area contributed by atoms with Crippen molar-refractivity contribution in [2.45, 2.75) is 18.3 Å². The Morgan fingerprint density at radius 2 is 2.00 bits per heavy atom. The van der Waals surface area contributed by atoms with Crippen LogP contribution in [-0.2, 0) is 10.2 Å². The van der Waals surface area contributed by atoms with Gasteiger partial charge in [-0.25, -0.2) is 9.97 Å². The highest BCUT2D eigenvalue weighted by Crippen LogP contribution is 2.44. The Labute approximate surface area is 78.4 Å². The van der Waals surface area contributed by atoms with Crippen molar-refractivity contribution in [3.63, 3.8) is 0 Å². The van der Waals surface area contributed by atoms with E-state index in [4.69, 9.17) is 0 Å². The molecule has 0 bridgehead atoms. The molecule has 62 valence electrons. The van der Waals surface area contributed by atoms with Crippen LogP contribution in [0.15, 0.2) is 16.9 Å². The van der Waals surface area contributed by atoms with Crippen LogP contribution in [0.5, 0.6) is 0 Å². The molecule has 0 N–H and O–H groups in total. The van der Waals surface area contributed by atoms with Crippen LogP contribution in [0, 0.1) is 0 Å². The summed E-state index contributed by atoms with van der Waals surface area (Å²) in [5.41, 5.74) is -0.347. The molecular weight excluding hydrogens is 220 g/mol. The first-order valence-corrected chi connectivity index (χ1v) is 4.50. The van der Waals surface area contributed by atoms with E-state index in [1.54, 1.807) is 12.4 Å². The second-order valence-corrected chi connectivity index (χ2v) is 3.91. The lowest BCUT2D eigenvalue weighted by Gasteiger charge is -2.03. The Morgan fingerprint density at radius 1 is 1.42 bits per heavy atom. The van der Waals surface area contributed by atoms with E-state index in [9.17, 15) is 4.79 Å². The largest absolute Gasteiger partial charge is 0.302 e. The quantitative estimate of drug-likeness (QED) is 0.718. The van der Waals surface area contributed by atoms with Crippen molar-refractivity contribution < 1.29 is 4.79 Å². The number of carbonyl (C=O) groups excluding carboxylic acids is 1. The lowest BCUT2D eigenvalue weighted by Crippen LogP contribution is -2.12. The van der Waals surface area contributed by atoms with E-state index in [0.717, 1.165) is 23.6 Å². The fourth-order valence-electron chi connectivity index (χ4n) is 1.10. The molecule has 0 radical (unpaired) electrons. The molecule has 1 saturated carbocycles. The fraction of sp³-hybridized carbons (Fsp3) is 0.375. The third-order valence-corrected chi connectivity index (χ3v) is 2.49.